The molecule has 1 aromatic rings. The highest BCUT2D eigenvalue weighted by Crippen LogP contribution is 2.32. The molecule has 1 fully saturated rings. The summed E-state index contributed by atoms with van der Waals surface area (Å²) in [7, 11) is 0. The van der Waals surface area contributed by atoms with Gasteiger partial charge in [-0.2, -0.15) is 4.98 Å². The van der Waals surface area contributed by atoms with Crippen molar-refractivity contribution in [1.29, 1.82) is 0 Å². The SMILES string of the molecule is CCOc1ncnc(NC2CC(C)C2)c1N. The van der Waals surface area contributed by atoms with Crippen molar-refractivity contribution in [2.45, 2.75) is 32.7 Å². The van der Waals surface area contributed by atoms with Crippen LogP contribution < -0.4 is 15.8 Å². The van der Waals surface area contributed by atoms with Crippen molar-refractivity contribution in [1.82, 2.24) is 9.97 Å². The van der Waals surface area contributed by atoms with Crippen LogP contribution in [-0.4, -0.2) is 22.6 Å². The maximum absolute atomic E-state index is 5.92. The van der Waals surface area contributed by atoms with Crippen LogP contribution in [0.25, 0.3) is 0 Å². The highest BCUT2D eigenvalue weighted by Gasteiger charge is 2.26. The molecule has 3 N–H and O–H groups in total. The van der Waals surface area contributed by atoms with Gasteiger partial charge in [0, 0.05) is 6.04 Å². The maximum Gasteiger partial charge on any atom is 0.242 e. The Labute approximate surface area is 95.4 Å². The van der Waals surface area contributed by atoms with Gasteiger partial charge in [0.15, 0.2) is 5.82 Å². The van der Waals surface area contributed by atoms with Gasteiger partial charge in [-0.15, -0.1) is 0 Å². The summed E-state index contributed by atoms with van der Waals surface area (Å²) in [5, 5.41) is 3.32. The lowest BCUT2D eigenvalue weighted by atomic mass is 9.82. The summed E-state index contributed by atoms with van der Waals surface area (Å²) >= 11 is 0. The summed E-state index contributed by atoms with van der Waals surface area (Å²) in [5.74, 6) is 1.95. The Kier molecular flexibility index (Phi) is 3.12. The smallest absolute Gasteiger partial charge is 0.242 e. The van der Waals surface area contributed by atoms with E-state index in [4.69, 9.17) is 10.5 Å². The lowest BCUT2D eigenvalue weighted by molar-refractivity contribution is 0.308. The zero-order chi connectivity index (χ0) is 11.5. The largest absolute Gasteiger partial charge is 0.476 e. The van der Waals surface area contributed by atoms with Crippen LogP contribution >= 0.6 is 0 Å². The molecule has 1 aliphatic carbocycles. The standard InChI is InChI=1S/C11H18N4O/c1-3-16-11-9(12)10(13-6-14-11)15-8-4-7(2)5-8/h6-8H,3-5,12H2,1-2H3,(H,13,14,15). The van der Waals surface area contributed by atoms with Crippen molar-refractivity contribution in [3.05, 3.63) is 6.33 Å². The molecule has 0 radical (unpaired) electrons. The summed E-state index contributed by atoms with van der Waals surface area (Å²) in [6.07, 6.45) is 3.83. The first-order valence-corrected chi connectivity index (χ1v) is 5.70. The van der Waals surface area contributed by atoms with Gasteiger partial charge in [0.05, 0.1) is 6.61 Å². The van der Waals surface area contributed by atoms with Crippen LogP contribution in [0.2, 0.25) is 0 Å². The highest BCUT2D eigenvalue weighted by atomic mass is 16.5. The Bertz CT molecular complexity index is 363. The second-order valence-corrected chi connectivity index (χ2v) is 4.29. The van der Waals surface area contributed by atoms with Gasteiger partial charge in [-0.3, -0.25) is 0 Å². The Morgan fingerprint density at radius 2 is 2.25 bits per heavy atom. The van der Waals surface area contributed by atoms with Crippen LogP contribution in [0.3, 0.4) is 0 Å². The third-order valence-electron chi connectivity index (χ3n) is 2.84. The van der Waals surface area contributed by atoms with Gasteiger partial charge in [-0.1, -0.05) is 6.92 Å². The van der Waals surface area contributed by atoms with E-state index in [1.807, 2.05) is 6.92 Å². The van der Waals surface area contributed by atoms with Gasteiger partial charge in [-0.25, -0.2) is 4.98 Å². The van der Waals surface area contributed by atoms with Gasteiger partial charge in [-0.05, 0) is 25.7 Å². The Morgan fingerprint density at radius 1 is 1.50 bits per heavy atom. The van der Waals surface area contributed by atoms with Gasteiger partial charge < -0.3 is 15.8 Å². The van der Waals surface area contributed by atoms with Crippen molar-refractivity contribution in [3.63, 3.8) is 0 Å². The molecule has 0 bridgehead atoms. The first-order chi connectivity index (χ1) is 7.70. The number of aromatic nitrogens is 2. The highest BCUT2D eigenvalue weighted by molar-refractivity contribution is 5.66. The molecule has 0 amide bonds. The van der Waals surface area contributed by atoms with E-state index >= 15 is 0 Å². The van der Waals surface area contributed by atoms with Crippen molar-refractivity contribution in [2.24, 2.45) is 5.92 Å². The molecule has 0 unspecified atom stereocenters. The minimum Gasteiger partial charge on any atom is -0.476 e. The number of nitrogen functional groups attached to an aromatic ring is 1. The number of ether oxygens (including phenoxy) is 1. The number of nitrogens with two attached hydrogens (primary N) is 1. The average Bonchev–Trinajstić information content (AvgIpc) is 2.22. The zero-order valence-corrected chi connectivity index (χ0v) is 9.73. The summed E-state index contributed by atoms with van der Waals surface area (Å²) in [4.78, 5) is 8.14. The van der Waals surface area contributed by atoms with Gasteiger partial charge in [0.25, 0.3) is 0 Å². The van der Waals surface area contributed by atoms with Crippen LogP contribution in [-0.2, 0) is 0 Å². The normalized spacial score (nSPS) is 23.6. The number of rotatable bonds is 4. The average molecular weight is 222 g/mol. The van der Waals surface area contributed by atoms with Gasteiger partial charge in [0.2, 0.25) is 5.88 Å². The summed E-state index contributed by atoms with van der Waals surface area (Å²) < 4.78 is 5.32. The van der Waals surface area contributed by atoms with Gasteiger partial charge >= 0.3 is 0 Å². The first-order valence-electron chi connectivity index (χ1n) is 5.70. The monoisotopic (exact) mass is 222 g/mol. The molecule has 5 heteroatoms. The van der Waals surface area contributed by atoms with E-state index in [0.717, 1.165) is 5.92 Å². The first kappa shape index (κ1) is 11.0. The number of nitrogens with one attached hydrogen (secondary N) is 1. The third kappa shape index (κ3) is 2.18. The number of nitrogens with zero attached hydrogens (tertiary/aromatic N) is 2. The van der Waals surface area contributed by atoms with Crippen LogP contribution in [0.15, 0.2) is 6.33 Å². The molecule has 5 nitrogen and oxygen atoms in total. The lowest BCUT2D eigenvalue weighted by Gasteiger charge is -2.33. The molecule has 2 rings (SSSR count). The van der Waals surface area contributed by atoms with Crippen LogP contribution in [0.1, 0.15) is 26.7 Å². The maximum atomic E-state index is 5.92. The second-order valence-electron chi connectivity index (χ2n) is 4.29. The lowest BCUT2D eigenvalue weighted by Crippen LogP contribution is -2.34. The second kappa shape index (κ2) is 4.55. The molecular weight excluding hydrogens is 204 g/mol. The van der Waals surface area contributed by atoms with E-state index in [9.17, 15) is 0 Å². The molecule has 88 valence electrons. The molecule has 1 heterocycles. The molecule has 1 saturated carbocycles. The van der Waals surface area contributed by atoms with E-state index in [-0.39, 0.29) is 0 Å². The molecule has 0 spiro atoms. The summed E-state index contributed by atoms with van der Waals surface area (Å²) in [6, 6.07) is 0.488. The molecule has 1 aliphatic rings. The van der Waals surface area contributed by atoms with E-state index in [0.29, 0.717) is 30.0 Å². The Hall–Kier alpha value is -1.52. The minimum atomic E-state index is 0.465. The topological polar surface area (TPSA) is 73.1 Å². The molecule has 0 saturated heterocycles. The van der Waals surface area contributed by atoms with E-state index in [2.05, 4.69) is 22.2 Å². The van der Waals surface area contributed by atoms with Crippen molar-refractivity contribution in [3.8, 4) is 5.88 Å². The predicted octanol–water partition coefficient (Wildman–Crippen LogP) is 1.67. The van der Waals surface area contributed by atoms with Crippen LogP contribution in [0.4, 0.5) is 11.5 Å². The quantitative estimate of drug-likeness (QED) is 0.810. The van der Waals surface area contributed by atoms with Crippen LogP contribution in [0.5, 0.6) is 5.88 Å². The number of hydrogen-bond acceptors (Lipinski definition) is 5. The van der Waals surface area contributed by atoms with Crippen molar-refractivity contribution in [2.75, 3.05) is 17.7 Å². The van der Waals surface area contributed by atoms with E-state index in [1.54, 1.807) is 0 Å². The zero-order valence-electron chi connectivity index (χ0n) is 9.73. The fraction of sp³-hybridized carbons (Fsp3) is 0.636. The number of anilines is 2. The third-order valence-corrected chi connectivity index (χ3v) is 2.84. The fourth-order valence-corrected chi connectivity index (χ4v) is 1.96. The Balaban J connectivity index is 2.05. The molecule has 0 aliphatic heterocycles. The van der Waals surface area contributed by atoms with Crippen molar-refractivity contribution < 1.29 is 4.74 Å². The molecule has 0 atom stereocenters. The molecule has 16 heavy (non-hydrogen) atoms. The molecular formula is C11H18N4O. The summed E-state index contributed by atoms with van der Waals surface area (Å²) in [6.45, 7) is 4.70. The molecule has 0 aromatic carbocycles. The Morgan fingerprint density at radius 3 is 2.88 bits per heavy atom. The molecule has 1 aromatic heterocycles. The van der Waals surface area contributed by atoms with Crippen molar-refractivity contribution >= 4 is 11.5 Å². The fourth-order valence-electron chi connectivity index (χ4n) is 1.96. The van der Waals surface area contributed by atoms with E-state index < -0.39 is 0 Å². The minimum absolute atomic E-state index is 0.465. The number of hydrogen-bond donors (Lipinski definition) is 2. The predicted molar refractivity (Wildman–Crippen MR) is 63.4 cm³/mol. The summed E-state index contributed by atoms with van der Waals surface area (Å²) in [5.41, 5.74) is 6.42. The van der Waals surface area contributed by atoms with Gasteiger partial charge in [0.1, 0.15) is 12.0 Å². The van der Waals surface area contributed by atoms with Crippen LogP contribution in [0, 0.1) is 5.92 Å². The van der Waals surface area contributed by atoms with E-state index in [1.165, 1.54) is 19.2 Å².